The highest BCUT2D eigenvalue weighted by Crippen LogP contribution is 2.32. The molecule has 0 aliphatic rings. The monoisotopic (exact) mass is 303 g/mol. The van der Waals surface area contributed by atoms with Crippen molar-refractivity contribution in [3.05, 3.63) is 16.4 Å². The minimum absolute atomic E-state index is 0.106. The Kier molecular flexibility index (Phi) is 5.16. The summed E-state index contributed by atoms with van der Waals surface area (Å²) in [6.07, 6.45) is 1.84. The molecular weight excluding hydrogens is 282 g/mol. The summed E-state index contributed by atoms with van der Waals surface area (Å²) < 4.78 is 8.63. The zero-order chi connectivity index (χ0) is 13.1. The second-order valence-electron chi connectivity index (χ2n) is 4.49. The lowest BCUT2D eigenvalue weighted by molar-refractivity contribution is -0.0132. The Hall–Kier alpha value is -0.390. The minimum Gasteiger partial charge on any atom is -0.377 e. The number of hydrogen-bond donors (Lipinski definition) is 1. The molecule has 0 aliphatic heterocycles. The van der Waals surface area contributed by atoms with Crippen LogP contribution in [-0.2, 0) is 11.3 Å². The second kappa shape index (κ2) is 5.98. The maximum absolute atomic E-state index is 5.61. The lowest BCUT2D eigenvalue weighted by atomic mass is 9.95. The van der Waals surface area contributed by atoms with Crippen LogP contribution in [0.5, 0.6) is 0 Å². The fourth-order valence-electron chi connectivity index (χ4n) is 1.90. The number of likely N-dealkylation sites (N-methyl/N-ethyl adjacent to an activating group) is 1. The van der Waals surface area contributed by atoms with Crippen LogP contribution in [0.15, 0.2) is 10.7 Å². The first kappa shape index (κ1) is 14.7. The molecule has 1 aromatic rings. The van der Waals surface area contributed by atoms with Gasteiger partial charge >= 0.3 is 0 Å². The molecule has 0 saturated heterocycles. The summed E-state index contributed by atoms with van der Waals surface area (Å²) >= 11 is 3.57. The van der Waals surface area contributed by atoms with E-state index in [9.17, 15) is 0 Å². The fraction of sp³-hybridized carbons (Fsp3) is 0.750. The SMILES string of the molecule is CCNC(c1c(Br)cnn1CC)C(C)(C)OC. The first-order chi connectivity index (χ1) is 7.97. The lowest BCUT2D eigenvalue weighted by Gasteiger charge is -2.34. The maximum Gasteiger partial charge on any atom is 0.0832 e. The average molecular weight is 304 g/mol. The molecule has 0 saturated carbocycles. The molecule has 0 bridgehead atoms. The largest absolute Gasteiger partial charge is 0.377 e. The molecule has 1 N–H and O–H groups in total. The number of rotatable bonds is 6. The van der Waals surface area contributed by atoms with Gasteiger partial charge in [0.1, 0.15) is 0 Å². The van der Waals surface area contributed by atoms with Gasteiger partial charge in [-0.25, -0.2) is 0 Å². The van der Waals surface area contributed by atoms with Crippen molar-refractivity contribution in [3.63, 3.8) is 0 Å². The van der Waals surface area contributed by atoms with Gasteiger partial charge < -0.3 is 10.1 Å². The molecule has 4 nitrogen and oxygen atoms in total. The zero-order valence-electron chi connectivity index (χ0n) is 11.2. The van der Waals surface area contributed by atoms with Crippen LogP contribution in [0.2, 0.25) is 0 Å². The topological polar surface area (TPSA) is 39.1 Å². The molecule has 0 aromatic carbocycles. The molecule has 0 fully saturated rings. The second-order valence-corrected chi connectivity index (χ2v) is 5.35. The summed E-state index contributed by atoms with van der Waals surface area (Å²) in [5, 5.41) is 7.84. The number of hydrogen-bond acceptors (Lipinski definition) is 3. The van der Waals surface area contributed by atoms with Gasteiger partial charge in [-0.15, -0.1) is 0 Å². The molecule has 17 heavy (non-hydrogen) atoms. The average Bonchev–Trinajstić information content (AvgIpc) is 2.67. The van der Waals surface area contributed by atoms with Crippen LogP contribution in [0, 0.1) is 0 Å². The van der Waals surface area contributed by atoms with Gasteiger partial charge in [0, 0.05) is 13.7 Å². The lowest BCUT2D eigenvalue weighted by Crippen LogP contribution is -2.42. The third-order valence-electron chi connectivity index (χ3n) is 3.04. The van der Waals surface area contributed by atoms with Gasteiger partial charge in [0.15, 0.2) is 0 Å². The fourth-order valence-corrected chi connectivity index (χ4v) is 2.43. The summed E-state index contributed by atoms with van der Waals surface area (Å²) in [7, 11) is 1.74. The van der Waals surface area contributed by atoms with E-state index in [0.29, 0.717) is 0 Å². The van der Waals surface area contributed by atoms with Gasteiger partial charge in [-0.05, 0) is 43.2 Å². The summed E-state index contributed by atoms with van der Waals surface area (Å²) in [5.74, 6) is 0. The number of aromatic nitrogens is 2. The summed E-state index contributed by atoms with van der Waals surface area (Å²) in [6.45, 7) is 10.1. The van der Waals surface area contributed by atoms with Crippen molar-refractivity contribution >= 4 is 15.9 Å². The predicted octanol–water partition coefficient (Wildman–Crippen LogP) is 2.74. The quantitative estimate of drug-likeness (QED) is 0.878. The van der Waals surface area contributed by atoms with Crippen molar-refractivity contribution in [2.24, 2.45) is 0 Å². The van der Waals surface area contributed by atoms with Gasteiger partial charge in [0.05, 0.1) is 28.0 Å². The van der Waals surface area contributed by atoms with E-state index in [0.717, 1.165) is 23.3 Å². The zero-order valence-corrected chi connectivity index (χ0v) is 12.8. The van der Waals surface area contributed by atoms with E-state index in [4.69, 9.17) is 4.74 Å². The van der Waals surface area contributed by atoms with Gasteiger partial charge in [0.25, 0.3) is 0 Å². The molecule has 1 aromatic heterocycles. The Balaban J connectivity index is 3.17. The Labute approximate surface area is 112 Å². The first-order valence-corrected chi connectivity index (χ1v) is 6.76. The van der Waals surface area contributed by atoms with Crippen molar-refractivity contribution in [1.82, 2.24) is 15.1 Å². The van der Waals surface area contributed by atoms with Crippen LogP contribution in [0.25, 0.3) is 0 Å². The van der Waals surface area contributed by atoms with Crippen LogP contribution in [0.1, 0.15) is 39.4 Å². The van der Waals surface area contributed by atoms with Crippen molar-refractivity contribution in [2.75, 3.05) is 13.7 Å². The van der Waals surface area contributed by atoms with Gasteiger partial charge in [-0.1, -0.05) is 6.92 Å². The van der Waals surface area contributed by atoms with E-state index in [2.05, 4.69) is 54.0 Å². The number of ether oxygens (including phenoxy) is 1. The molecule has 5 heteroatoms. The highest BCUT2D eigenvalue weighted by molar-refractivity contribution is 9.10. The highest BCUT2D eigenvalue weighted by Gasteiger charge is 2.33. The number of nitrogens with one attached hydrogen (secondary N) is 1. The Bertz CT molecular complexity index is 363. The van der Waals surface area contributed by atoms with Crippen molar-refractivity contribution in [3.8, 4) is 0 Å². The number of methoxy groups -OCH3 is 1. The van der Waals surface area contributed by atoms with Gasteiger partial charge in [-0.2, -0.15) is 5.10 Å². The van der Waals surface area contributed by atoms with Crippen LogP contribution in [0.4, 0.5) is 0 Å². The van der Waals surface area contributed by atoms with E-state index in [1.165, 1.54) is 0 Å². The molecule has 1 rings (SSSR count). The smallest absolute Gasteiger partial charge is 0.0832 e. The summed E-state index contributed by atoms with van der Waals surface area (Å²) in [6, 6.07) is 0.106. The molecule has 0 aliphatic carbocycles. The number of nitrogens with zero attached hydrogens (tertiary/aromatic N) is 2. The Morgan fingerprint density at radius 2 is 2.18 bits per heavy atom. The Morgan fingerprint density at radius 1 is 1.53 bits per heavy atom. The van der Waals surface area contributed by atoms with Crippen LogP contribution < -0.4 is 5.32 Å². The van der Waals surface area contributed by atoms with E-state index < -0.39 is 0 Å². The maximum atomic E-state index is 5.61. The molecular formula is C12H22BrN3O. The van der Waals surface area contributed by atoms with Crippen LogP contribution >= 0.6 is 15.9 Å². The molecule has 0 amide bonds. The third kappa shape index (κ3) is 3.09. The van der Waals surface area contributed by atoms with Gasteiger partial charge in [-0.3, -0.25) is 4.68 Å². The standard InChI is InChI=1S/C12H22BrN3O/c1-6-14-11(12(3,4)17-5)10-9(13)8-15-16(10)7-2/h8,11,14H,6-7H2,1-5H3. The molecule has 1 unspecified atom stereocenters. The van der Waals surface area contributed by atoms with Crippen LogP contribution in [-0.4, -0.2) is 29.0 Å². The molecule has 1 heterocycles. The first-order valence-electron chi connectivity index (χ1n) is 5.97. The van der Waals surface area contributed by atoms with E-state index in [1.807, 2.05) is 10.9 Å². The normalized spacial score (nSPS) is 14.0. The molecule has 1 atom stereocenters. The van der Waals surface area contributed by atoms with Crippen molar-refractivity contribution in [1.29, 1.82) is 0 Å². The summed E-state index contributed by atoms with van der Waals surface area (Å²) in [5.41, 5.74) is 0.854. The molecule has 98 valence electrons. The van der Waals surface area contributed by atoms with Gasteiger partial charge in [0.2, 0.25) is 0 Å². The third-order valence-corrected chi connectivity index (χ3v) is 3.65. The van der Waals surface area contributed by atoms with E-state index in [-0.39, 0.29) is 11.6 Å². The van der Waals surface area contributed by atoms with Crippen molar-refractivity contribution < 1.29 is 4.74 Å². The van der Waals surface area contributed by atoms with E-state index >= 15 is 0 Å². The van der Waals surface area contributed by atoms with Crippen molar-refractivity contribution in [2.45, 2.75) is 45.9 Å². The molecule has 0 radical (unpaired) electrons. The Morgan fingerprint density at radius 3 is 2.65 bits per heavy atom. The minimum atomic E-state index is -0.286. The molecule has 0 spiro atoms. The highest BCUT2D eigenvalue weighted by atomic mass is 79.9. The van der Waals surface area contributed by atoms with E-state index in [1.54, 1.807) is 7.11 Å². The predicted molar refractivity (Wildman–Crippen MR) is 73.1 cm³/mol. The number of aryl methyl sites for hydroxylation is 1. The summed E-state index contributed by atoms with van der Waals surface area (Å²) in [4.78, 5) is 0. The number of halogens is 1. The van der Waals surface area contributed by atoms with Crippen LogP contribution in [0.3, 0.4) is 0 Å².